The molecule has 0 unspecified atom stereocenters. The number of nitrogens with two attached hydrogens (primary N) is 1. The van der Waals surface area contributed by atoms with Crippen LogP contribution in [0.3, 0.4) is 0 Å². The first-order chi connectivity index (χ1) is 5.77. The fraction of sp³-hybridized carbons (Fsp3) is 0.100. The summed E-state index contributed by atoms with van der Waals surface area (Å²) in [6, 6.07) is 5.88. The third kappa shape index (κ3) is 1.01. The summed E-state index contributed by atoms with van der Waals surface area (Å²) in [7, 11) is 0. The first-order valence-corrected chi connectivity index (χ1v) is 3.89. The SMILES string of the molecule is CC1=Nc2cccc(c2N)C=C1. The van der Waals surface area contributed by atoms with Gasteiger partial charge in [0.15, 0.2) is 0 Å². The Morgan fingerprint density at radius 3 is 2.92 bits per heavy atom. The number of nitrogen functional groups attached to an aromatic ring is 1. The molecule has 0 saturated heterocycles. The first kappa shape index (κ1) is 7.10. The van der Waals surface area contributed by atoms with Crippen molar-refractivity contribution in [2.24, 2.45) is 4.99 Å². The second kappa shape index (κ2) is 2.48. The van der Waals surface area contributed by atoms with Crippen molar-refractivity contribution in [2.45, 2.75) is 6.92 Å². The van der Waals surface area contributed by atoms with Gasteiger partial charge in [-0.2, -0.15) is 0 Å². The van der Waals surface area contributed by atoms with Crippen molar-refractivity contribution in [3.05, 3.63) is 29.8 Å². The Hall–Kier alpha value is -1.57. The van der Waals surface area contributed by atoms with E-state index in [1.54, 1.807) is 0 Å². The quantitative estimate of drug-likeness (QED) is 0.578. The number of aliphatic imine (C=N–C) groups is 1. The van der Waals surface area contributed by atoms with Gasteiger partial charge < -0.3 is 5.73 Å². The van der Waals surface area contributed by atoms with Gasteiger partial charge in [0, 0.05) is 5.71 Å². The van der Waals surface area contributed by atoms with Crippen molar-refractivity contribution >= 4 is 23.2 Å². The van der Waals surface area contributed by atoms with Gasteiger partial charge in [0.2, 0.25) is 0 Å². The van der Waals surface area contributed by atoms with Gasteiger partial charge >= 0.3 is 0 Å². The maximum absolute atomic E-state index is 5.85. The molecule has 1 aromatic carbocycles. The molecule has 2 rings (SSSR count). The maximum atomic E-state index is 5.85. The molecule has 2 N–H and O–H groups in total. The van der Waals surface area contributed by atoms with Crippen LogP contribution in [0.25, 0.3) is 6.08 Å². The molecule has 0 aliphatic carbocycles. The summed E-state index contributed by atoms with van der Waals surface area (Å²) in [5.41, 5.74) is 9.53. The minimum atomic E-state index is 0.769. The number of para-hydroxylation sites is 1. The van der Waals surface area contributed by atoms with Crippen LogP contribution in [0, 0.1) is 0 Å². The molecular formula is C10H10N2. The van der Waals surface area contributed by atoms with Crippen LogP contribution in [0.4, 0.5) is 11.4 Å². The molecule has 0 spiro atoms. The van der Waals surface area contributed by atoms with E-state index >= 15 is 0 Å². The molecule has 1 aliphatic rings. The zero-order valence-electron chi connectivity index (χ0n) is 6.91. The maximum Gasteiger partial charge on any atom is 0.0868 e. The molecule has 12 heavy (non-hydrogen) atoms. The molecule has 0 fully saturated rings. The highest BCUT2D eigenvalue weighted by molar-refractivity contribution is 6.01. The van der Waals surface area contributed by atoms with E-state index in [1.807, 2.05) is 37.3 Å². The summed E-state index contributed by atoms with van der Waals surface area (Å²) in [5.74, 6) is 0. The van der Waals surface area contributed by atoms with Gasteiger partial charge in [-0.25, -0.2) is 0 Å². The predicted octanol–water partition coefficient (Wildman–Crippen LogP) is 2.39. The number of hydrogen-bond donors (Lipinski definition) is 1. The standard InChI is InChI=1S/C10H10N2/c1-7-5-6-8-3-2-4-9(12-7)10(8)11/h2-6H,11H2,1H3. The van der Waals surface area contributed by atoms with Gasteiger partial charge in [0.1, 0.15) is 0 Å². The van der Waals surface area contributed by atoms with Crippen LogP contribution in [0.2, 0.25) is 0 Å². The zero-order valence-corrected chi connectivity index (χ0v) is 6.91. The predicted molar refractivity (Wildman–Crippen MR) is 52.7 cm³/mol. The van der Waals surface area contributed by atoms with Crippen molar-refractivity contribution < 1.29 is 0 Å². The Kier molecular flexibility index (Phi) is 1.47. The van der Waals surface area contributed by atoms with E-state index in [-0.39, 0.29) is 0 Å². The fourth-order valence-corrected chi connectivity index (χ4v) is 1.25. The fourth-order valence-electron chi connectivity index (χ4n) is 1.25. The molecule has 2 bridgehead atoms. The molecule has 1 aliphatic heterocycles. The summed E-state index contributed by atoms with van der Waals surface area (Å²) in [5, 5.41) is 0. The van der Waals surface area contributed by atoms with Crippen LogP contribution < -0.4 is 5.73 Å². The number of nitrogens with zero attached hydrogens (tertiary/aromatic N) is 1. The average Bonchev–Trinajstić information content (AvgIpc) is 2.17. The molecule has 60 valence electrons. The normalized spacial score (nSPS) is 13.9. The van der Waals surface area contributed by atoms with Crippen molar-refractivity contribution in [2.75, 3.05) is 5.73 Å². The summed E-state index contributed by atoms with van der Waals surface area (Å²) >= 11 is 0. The van der Waals surface area contributed by atoms with Gasteiger partial charge in [0.05, 0.1) is 11.4 Å². The highest BCUT2D eigenvalue weighted by Crippen LogP contribution is 2.28. The van der Waals surface area contributed by atoms with Crippen LogP contribution in [0.15, 0.2) is 29.3 Å². The van der Waals surface area contributed by atoms with Gasteiger partial charge in [-0.3, -0.25) is 4.99 Å². The summed E-state index contributed by atoms with van der Waals surface area (Å²) in [6.07, 6.45) is 3.96. The van der Waals surface area contributed by atoms with Crippen LogP contribution in [-0.2, 0) is 0 Å². The second-order valence-corrected chi connectivity index (χ2v) is 2.87. The Labute approximate surface area is 71.4 Å². The highest BCUT2D eigenvalue weighted by Gasteiger charge is 2.04. The van der Waals surface area contributed by atoms with Crippen molar-refractivity contribution in [1.82, 2.24) is 0 Å². The molecule has 2 nitrogen and oxygen atoms in total. The molecule has 1 aromatic rings. The molecule has 0 radical (unpaired) electrons. The van der Waals surface area contributed by atoms with Crippen molar-refractivity contribution in [3.63, 3.8) is 0 Å². The minimum absolute atomic E-state index is 0.769. The van der Waals surface area contributed by atoms with E-state index in [0.29, 0.717) is 0 Å². The van der Waals surface area contributed by atoms with E-state index in [4.69, 9.17) is 5.73 Å². The minimum Gasteiger partial charge on any atom is -0.396 e. The zero-order chi connectivity index (χ0) is 8.55. The Morgan fingerprint density at radius 2 is 2.08 bits per heavy atom. The van der Waals surface area contributed by atoms with Crippen LogP contribution in [-0.4, -0.2) is 5.71 Å². The lowest BCUT2D eigenvalue weighted by atomic mass is 10.1. The Bertz CT molecular complexity index is 375. The molecule has 0 amide bonds. The van der Waals surface area contributed by atoms with E-state index in [9.17, 15) is 0 Å². The molecule has 0 aromatic heterocycles. The number of benzene rings is 1. The van der Waals surface area contributed by atoms with E-state index < -0.39 is 0 Å². The first-order valence-electron chi connectivity index (χ1n) is 3.89. The largest absolute Gasteiger partial charge is 0.396 e. The molecule has 0 saturated carbocycles. The summed E-state index contributed by atoms with van der Waals surface area (Å²) in [4.78, 5) is 4.33. The third-order valence-electron chi connectivity index (χ3n) is 1.92. The lowest BCUT2D eigenvalue weighted by molar-refractivity contribution is 1.50. The monoisotopic (exact) mass is 158 g/mol. The number of anilines is 1. The topological polar surface area (TPSA) is 38.4 Å². The van der Waals surface area contributed by atoms with Crippen LogP contribution >= 0.6 is 0 Å². The molecule has 2 heteroatoms. The molecular weight excluding hydrogens is 148 g/mol. The third-order valence-corrected chi connectivity index (χ3v) is 1.92. The van der Waals surface area contributed by atoms with Gasteiger partial charge in [-0.1, -0.05) is 18.2 Å². The molecule has 0 atom stereocenters. The Morgan fingerprint density at radius 1 is 1.25 bits per heavy atom. The lowest BCUT2D eigenvalue weighted by Gasteiger charge is -2.00. The number of hydrogen-bond acceptors (Lipinski definition) is 2. The van der Waals surface area contributed by atoms with E-state index in [1.165, 1.54) is 0 Å². The van der Waals surface area contributed by atoms with Crippen LogP contribution in [0.5, 0.6) is 0 Å². The number of rotatable bonds is 0. The summed E-state index contributed by atoms with van der Waals surface area (Å²) < 4.78 is 0. The van der Waals surface area contributed by atoms with Gasteiger partial charge in [-0.15, -0.1) is 0 Å². The van der Waals surface area contributed by atoms with Crippen molar-refractivity contribution in [1.29, 1.82) is 0 Å². The van der Waals surface area contributed by atoms with E-state index in [0.717, 1.165) is 22.6 Å². The van der Waals surface area contributed by atoms with Crippen LogP contribution in [0.1, 0.15) is 12.5 Å². The van der Waals surface area contributed by atoms with Crippen molar-refractivity contribution in [3.8, 4) is 0 Å². The van der Waals surface area contributed by atoms with Gasteiger partial charge in [-0.05, 0) is 24.6 Å². The summed E-state index contributed by atoms with van der Waals surface area (Å²) in [6.45, 7) is 1.96. The lowest BCUT2D eigenvalue weighted by Crippen LogP contribution is -1.88. The number of fused-ring (bicyclic) bond motifs is 2. The highest BCUT2D eigenvalue weighted by atomic mass is 14.8. The van der Waals surface area contributed by atoms with Gasteiger partial charge in [0.25, 0.3) is 0 Å². The smallest absolute Gasteiger partial charge is 0.0868 e. The Balaban J connectivity index is 2.72. The average molecular weight is 158 g/mol. The van der Waals surface area contributed by atoms with E-state index in [2.05, 4.69) is 4.99 Å². The second-order valence-electron chi connectivity index (χ2n) is 2.87. The molecule has 1 heterocycles. The number of allylic oxidation sites excluding steroid dienone is 1.